The number of nitrogens with one attached hydrogen (secondary N) is 1. The highest BCUT2D eigenvalue weighted by atomic mass is 35.5. The van der Waals surface area contributed by atoms with Crippen molar-refractivity contribution >= 4 is 40.6 Å². The lowest BCUT2D eigenvalue weighted by molar-refractivity contribution is 0.234. The van der Waals surface area contributed by atoms with E-state index in [9.17, 15) is 5.21 Å². The molecule has 31 heavy (non-hydrogen) atoms. The van der Waals surface area contributed by atoms with Crippen LogP contribution in [0.5, 0.6) is 11.6 Å². The van der Waals surface area contributed by atoms with Crippen LogP contribution >= 0.6 is 34.8 Å². The number of hydroxylamine groups is 1. The number of hydrogen-bond acceptors (Lipinski definition) is 5. The molecular formula is C22H21Cl3N4O2. The van der Waals surface area contributed by atoms with Crippen molar-refractivity contribution in [2.75, 3.05) is 5.88 Å². The van der Waals surface area contributed by atoms with Crippen molar-refractivity contribution in [2.24, 2.45) is 4.99 Å². The Balaban J connectivity index is 1.94. The van der Waals surface area contributed by atoms with Gasteiger partial charge in [0.15, 0.2) is 5.84 Å². The molecule has 0 aliphatic heterocycles. The van der Waals surface area contributed by atoms with Gasteiger partial charge in [0.1, 0.15) is 5.75 Å². The van der Waals surface area contributed by atoms with E-state index < -0.39 is 0 Å². The van der Waals surface area contributed by atoms with E-state index >= 15 is 0 Å². The zero-order valence-corrected chi connectivity index (χ0v) is 19.2. The largest absolute Gasteiger partial charge is 0.437 e. The molecule has 6 nitrogen and oxygen atoms in total. The first-order chi connectivity index (χ1) is 14.9. The van der Waals surface area contributed by atoms with Crippen molar-refractivity contribution in [1.29, 1.82) is 0 Å². The summed E-state index contributed by atoms with van der Waals surface area (Å²) in [6.45, 7) is 3.75. The molecule has 0 radical (unpaired) electrons. The second kappa shape index (κ2) is 10.8. The van der Waals surface area contributed by atoms with Crippen LogP contribution in [0.4, 0.5) is 0 Å². The fourth-order valence-electron chi connectivity index (χ4n) is 2.91. The summed E-state index contributed by atoms with van der Waals surface area (Å²) in [6, 6.07) is 14.1. The van der Waals surface area contributed by atoms with Crippen molar-refractivity contribution < 1.29 is 9.94 Å². The number of aromatic nitrogens is 2. The lowest BCUT2D eigenvalue weighted by atomic mass is 10.1. The standard InChI is InChI=1S/C22H21Cl3N4O2/c1-13-6-7-15(20(25)8-13)10-17(12-23)26-21(29-30)19-9-14(2)27-28-22(19)31-18-5-3-4-16(24)11-18/h3-9,11,17,30H,10,12H2,1-2H3,(H,26,29). The molecule has 1 aromatic heterocycles. The summed E-state index contributed by atoms with van der Waals surface area (Å²) < 4.78 is 5.85. The number of benzene rings is 2. The number of amidine groups is 1. The Morgan fingerprint density at radius 3 is 2.61 bits per heavy atom. The Morgan fingerprint density at radius 2 is 1.94 bits per heavy atom. The molecule has 3 aromatic rings. The van der Waals surface area contributed by atoms with E-state index in [-0.39, 0.29) is 23.6 Å². The smallest absolute Gasteiger partial charge is 0.250 e. The van der Waals surface area contributed by atoms with Gasteiger partial charge in [-0.15, -0.1) is 16.7 Å². The number of halogens is 3. The minimum Gasteiger partial charge on any atom is -0.437 e. The van der Waals surface area contributed by atoms with Crippen LogP contribution < -0.4 is 10.2 Å². The maximum atomic E-state index is 9.83. The minimum absolute atomic E-state index is 0.156. The number of nitrogens with zero attached hydrogens (tertiary/aromatic N) is 3. The van der Waals surface area contributed by atoms with Crippen LogP contribution in [0.3, 0.4) is 0 Å². The van der Waals surface area contributed by atoms with Gasteiger partial charge in [0.25, 0.3) is 0 Å². The monoisotopic (exact) mass is 478 g/mol. The van der Waals surface area contributed by atoms with Crippen LogP contribution in [0, 0.1) is 13.8 Å². The maximum Gasteiger partial charge on any atom is 0.250 e. The number of ether oxygens (including phenoxy) is 1. The van der Waals surface area contributed by atoms with Gasteiger partial charge in [-0.25, -0.2) is 0 Å². The van der Waals surface area contributed by atoms with E-state index in [4.69, 9.17) is 39.5 Å². The van der Waals surface area contributed by atoms with Gasteiger partial charge in [-0.3, -0.25) is 15.7 Å². The molecule has 3 rings (SSSR count). The lowest BCUT2D eigenvalue weighted by Crippen LogP contribution is -2.26. The van der Waals surface area contributed by atoms with Gasteiger partial charge < -0.3 is 4.74 Å². The quantitative estimate of drug-likeness (QED) is 0.195. The molecule has 0 fully saturated rings. The summed E-state index contributed by atoms with van der Waals surface area (Å²) in [6.07, 6.45) is 0.496. The Bertz CT molecular complexity index is 1090. The third kappa shape index (κ3) is 6.31. The minimum atomic E-state index is -0.357. The van der Waals surface area contributed by atoms with Crippen LogP contribution in [0.1, 0.15) is 22.4 Å². The molecular weight excluding hydrogens is 459 g/mol. The maximum absolute atomic E-state index is 9.83. The van der Waals surface area contributed by atoms with Gasteiger partial charge in [0.05, 0.1) is 17.3 Å². The Hall–Kier alpha value is -2.38. The van der Waals surface area contributed by atoms with Crippen LogP contribution in [0.2, 0.25) is 10.0 Å². The third-order valence-corrected chi connectivity index (χ3v) is 5.35. The van der Waals surface area contributed by atoms with Crippen LogP contribution in [-0.4, -0.2) is 33.2 Å². The van der Waals surface area contributed by atoms with E-state index in [1.807, 2.05) is 25.1 Å². The first kappa shape index (κ1) is 23.3. The normalized spacial score (nSPS) is 12.5. The Labute approximate surface area is 195 Å². The summed E-state index contributed by atoms with van der Waals surface area (Å²) >= 11 is 18.6. The molecule has 162 valence electrons. The zero-order chi connectivity index (χ0) is 22.4. The highest BCUT2D eigenvalue weighted by Gasteiger charge is 2.18. The molecule has 0 aliphatic carbocycles. The molecule has 0 spiro atoms. The molecule has 0 amide bonds. The highest BCUT2D eigenvalue weighted by Crippen LogP contribution is 2.26. The van der Waals surface area contributed by atoms with Crippen molar-refractivity contribution in [2.45, 2.75) is 26.3 Å². The number of hydrogen-bond donors (Lipinski definition) is 2. The van der Waals surface area contributed by atoms with E-state index in [0.717, 1.165) is 11.1 Å². The van der Waals surface area contributed by atoms with Crippen LogP contribution in [0.15, 0.2) is 53.5 Å². The van der Waals surface area contributed by atoms with E-state index in [2.05, 4.69) is 20.7 Å². The summed E-state index contributed by atoms with van der Waals surface area (Å²) in [5.41, 5.74) is 5.18. The Morgan fingerprint density at radius 1 is 1.13 bits per heavy atom. The first-order valence-corrected chi connectivity index (χ1v) is 10.8. The molecule has 0 bridgehead atoms. The molecule has 1 unspecified atom stereocenters. The van der Waals surface area contributed by atoms with Crippen molar-refractivity contribution in [3.8, 4) is 11.6 Å². The molecule has 9 heteroatoms. The number of aliphatic imine (C=N–C) groups is 1. The SMILES string of the molecule is Cc1ccc(CC(CCl)N=C(NO)c2cc(C)nnc2Oc2cccc(Cl)c2)c(Cl)c1. The molecule has 1 atom stereocenters. The highest BCUT2D eigenvalue weighted by molar-refractivity contribution is 6.31. The van der Waals surface area contributed by atoms with Crippen molar-refractivity contribution in [1.82, 2.24) is 15.7 Å². The van der Waals surface area contributed by atoms with Gasteiger partial charge in [-0.1, -0.05) is 41.4 Å². The summed E-state index contributed by atoms with van der Waals surface area (Å²) in [5.74, 6) is 1.01. The van der Waals surface area contributed by atoms with Crippen molar-refractivity contribution in [3.63, 3.8) is 0 Å². The topological polar surface area (TPSA) is 79.6 Å². The van der Waals surface area contributed by atoms with E-state index in [1.165, 1.54) is 0 Å². The zero-order valence-electron chi connectivity index (χ0n) is 16.9. The number of rotatable bonds is 7. The molecule has 0 saturated heterocycles. The molecule has 2 N–H and O–H groups in total. The van der Waals surface area contributed by atoms with Gasteiger partial charge in [-0.05, 0) is 61.7 Å². The third-order valence-electron chi connectivity index (χ3n) is 4.41. The number of alkyl halides is 1. The lowest BCUT2D eigenvalue weighted by Gasteiger charge is -2.15. The Kier molecular flexibility index (Phi) is 8.09. The van der Waals surface area contributed by atoms with Crippen LogP contribution in [0.25, 0.3) is 0 Å². The predicted octanol–water partition coefficient (Wildman–Crippen LogP) is 5.77. The number of aryl methyl sites for hydroxylation is 2. The summed E-state index contributed by atoms with van der Waals surface area (Å²) in [7, 11) is 0. The van der Waals surface area contributed by atoms with E-state index in [0.29, 0.717) is 33.5 Å². The molecule has 0 aliphatic rings. The second-order valence-electron chi connectivity index (χ2n) is 6.96. The second-order valence-corrected chi connectivity index (χ2v) is 8.11. The average Bonchev–Trinajstić information content (AvgIpc) is 2.74. The van der Waals surface area contributed by atoms with Gasteiger partial charge >= 0.3 is 0 Å². The van der Waals surface area contributed by atoms with Gasteiger partial charge in [0.2, 0.25) is 5.88 Å². The van der Waals surface area contributed by atoms with E-state index in [1.54, 1.807) is 37.3 Å². The van der Waals surface area contributed by atoms with Crippen LogP contribution in [-0.2, 0) is 6.42 Å². The molecule has 0 saturated carbocycles. The molecule has 1 heterocycles. The fourth-order valence-corrected chi connectivity index (χ4v) is 3.58. The summed E-state index contributed by atoms with van der Waals surface area (Å²) in [4.78, 5) is 4.59. The van der Waals surface area contributed by atoms with Gasteiger partial charge in [-0.2, -0.15) is 5.10 Å². The molecule has 2 aromatic carbocycles. The summed E-state index contributed by atoms with van der Waals surface area (Å²) in [5, 5.41) is 19.2. The van der Waals surface area contributed by atoms with Crippen molar-refractivity contribution in [3.05, 3.63) is 81.0 Å². The van der Waals surface area contributed by atoms with Gasteiger partial charge in [0, 0.05) is 15.9 Å². The average molecular weight is 480 g/mol. The first-order valence-electron chi connectivity index (χ1n) is 9.46. The fraction of sp³-hybridized carbons (Fsp3) is 0.227. The predicted molar refractivity (Wildman–Crippen MR) is 124 cm³/mol.